The molecule has 2 heterocycles. The fourth-order valence-corrected chi connectivity index (χ4v) is 4.84. The lowest BCUT2D eigenvalue weighted by Crippen LogP contribution is -2.61. The first kappa shape index (κ1) is 19.6. The van der Waals surface area contributed by atoms with Gasteiger partial charge in [-0.3, -0.25) is 14.5 Å². The molecule has 2 amide bonds. The van der Waals surface area contributed by atoms with Gasteiger partial charge in [0.05, 0.1) is 6.54 Å². The maximum atomic E-state index is 12.9. The maximum absolute atomic E-state index is 12.9. The van der Waals surface area contributed by atoms with Gasteiger partial charge in [0.2, 0.25) is 5.91 Å². The second-order valence-electron chi connectivity index (χ2n) is 8.40. The summed E-state index contributed by atoms with van der Waals surface area (Å²) in [4.78, 5) is 30.7. The normalized spacial score (nSPS) is 29.5. The number of likely N-dealkylation sites (tertiary alicyclic amines) is 1. The first-order valence-corrected chi connectivity index (χ1v) is 10.5. The molecule has 3 rings (SSSR count). The van der Waals surface area contributed by atoms with Crippen LogP contribution in [0.2, 0.25) is 0 Å². The molecular formula is C20H35N3O3. The van der Waals surface area contributed by atoms with Gasteiger partial charge in [-0.05, 0) is 32.1 Å². The number of piperidine rings is 1. The first-order chi connectivity index (χ1) is 12.5. The van der Waals surface area contributed by atoms with Crippen molar-refractivity contribution in [3.8, 4) is 0 Å². The Hall–Kier alpha value is -1.14. The van der Waals surface area contributed by atoms with Crippen molar-refractivity contribution >= 4 is 11.8 Å². The topological polar surface area (TPSA) is 64.1 Å². The molecule has 0 spiro atoms. The number of piperazine rings is 1. The van der Waals surface area contributed by atoms with Crippen molar-refractivity contribution in [1.29, 1.82) is 0 Å². The van der Waals surface area contributed by atoms with Gasteiger partial charge in [-0.15, -0.1) is 0 Å². The van der Waals surface area contributed by atoms with E-state index < -0.39 is 5.60 Å². The van der Waals surface area contributed by atoms with Gasteiger partial charge in [0, 0.05) is 39.3 Å². The fraction of sp³-hybridized carbons (Fsp3) is 0.900. The van der Waals surface area contributed by atoms with Crippen molar-refractivity contribution in [2.24, 2.45) is 5.92 Å². The fourth-order valence-electron chi connectivity index (χ4n) is 4.84. The third kappa shape index (κ3) is 4.58. The molecule has 1 unspecified atom stereocenters. The minimum absolute atomic E-state index is 0.0970. The third-order valence-electron chi connectivity index (χ3n) is 6.50. The predicted molar refractivity (Wildman–Crippen MR) is 101 cm³/mol. The van der Waals surface area contributed by atoms with Crippen LogP contribution in [0.1, 0.15) is 58.3 Å². The number of carbonyl (C=O) groups is 2. The molecule has 6 heteroatoms. The highest BCUT2D eigenvalue weighted by Gasteiger charge is 2.44. The molecule has 26 heavy (non-hydrogen) atoms. The summed E-state index contributed by atoms with van der Waals surface area (Å²) in [6.45, 7) is 6.26. The molecule has 1 N–H and O–H groups in total. The van der Waals surface area contributed by atoms with Gasteiger partial charge < -0.3 is 14.9 Å². The smallest absolute Gasteiger partial charge is 0.255 e. The van der Waals surface area contributed by atoms with Gasteiger partial charge in [-0.2, -0.15) is 0 Å². The van der Waals surface area contributed by atoms with Crippen LogP contribution in [0.5, 0.6) is 0 Å². The van der Waals surface area contributed by atoms with E-state index in [2.05, 4.69) is 0 Å². The predicted octanol–water partition coefficient (Wildman–Crippen LogP) is 1.47. The second kappa shape index (κ2) is 8.70. The zero-order chi connectivity index (χ0) is 18.6. The van der Waals surface area contributed by atoms with Gasteiger partial charge in [-0.25, -0.2) is 0 Å². The van der Waals surface area contributed by atoms with Crippen molar-refractivity contribution < 1.29 is 14.7 Å². The van der Waals surface area contributed by atoms with Crippen LogP contribution >= 0.6 is 0 Å². The van der Waals surface area contributed by atoms with Crippen LogP contribution < -0.4 is 0 Å². The summed E-state index contributed by atoms with van der Waals surface area (Å²) in [5.41, 5.74) is -1.32. The standard InChI is InChI=1S/C20H35N3O3/c1-2-22-14-13-21(15-18(22)24)16-20(26)10-6-11-23(19(20)25)12-9-17-7-4-3-5-8-17/h17,26H,2-16H2,1H3. The minimum Gasteiger partial charge on any atom is -0.379 e. The summed E-state index contributed by atoms with van der Waals surface area (Å²) in [6.07, 6.45) is 8.98. The van der Waals surface area contributed by atoms with Crippen molar-refractivity contribution in [3.05, 3.63) is 0 Å². The van der Waals surface area contributed by atoms with E-state index in [1.54, 1.807) is 0 Å². The summed E-state index contributed by atoms with van der Waals surface area (Å²) >= 11 is 0. The molecule has 2 saturated heterocycles. The Morgan fingerprint density at radius 1 is 1.04 bits per heavy atom. The molecule has 1 atom stereocenters. The molecule has 0 aromatic carbocycles. The summed E-state index contributed by atoms with van der Waals surface area (Å²) in [5.74, 6) is 0.719. The zero-order valence-electron chi connectivity index (χ0n) is 16.3. The average molecular weight is 366 g/mol. The van der Waals surface area contributed by atoms with Gasteiger partial charge in [0.15, 0.2) is 5.60 Å². The summed E-state index contributed by atoms with van der Waals surface area (Å²) < 4.78 is 0. The lowest BCUT2D eigenvalue weighted by Gasteiger charge is -2.43. The first-order valence-electron chi connectivity index (χ1n) is 10.5. The van der Waals surface area contributed by atoms with E-state index in [1.165, 1.54) is 32.1 Å². The number of hydrogen-bond acceptors (Lipinski definition) is 4. The Morgan fingerprint density at radius 2 is 1.81 bits per heavy atom. The van der Waals surface area contributed by atoms with Crippen molar-refractivity contribution in [2.45, 2.75) is 63.9 Å². The number of amides is 2. The zero-order valence-corrected chi connectivity index (χ0v) is 16.3. The van der Waals surface area contributed by atoms with Crippen LogP contribution in [0.3, 0.4) is 0 Å². The quantitative estimate of drug-likeness (QED) is 0.774. The lowest BCUT2D eigenvalue weighted by atomic mass is 9.86. The highest BCUT2D eigenvalue weighted by molar-refractivity contribution is 5.86. The van der Waals surface area contributed by atoms with Crippen molar-refractivity contribution in [1.82, 2.24) is 14.7 Å². The van der Waals surface area contributed by atoms with E-state index in [4.69, 9.17) is 0 Å². The molecule has 1 aliphatic carbocycles. The number of nitrogens with zero attached hydrogens (tertiary/aromatic N) is 3. The van der Waals surface area contributed by atoms with Crippen molar-refractivity contribution in [2.75, 3.05) is 45.8 Å². The van der Waals surface area contributed by atoms with Gasteiger partial charge >= 0.3 is 0 Å². The van der Waals surface area contributed by atoms with Crippen LogP contribution in [-0.2, 0) is 9.59 Å². The molecular weight excluding hydrogens is 330 g/mol. The maximum Gasteiger partial charge on any atom is 0.255 e. The van der Waals surface area contributed by atoms with Crippen LogP contribution in [0.25, 0.3) is 0 Å². The third-order valence-corrected chi connectivity index (χ3v) is 6.50. The summed E-state index contributed by atoms with van der Waals surface area (Å²) in [6, 6.07) is 0. The van der Waals surface area contributed by atoms with E-state index >= 15 is 0 Å². The number of aliphatic hydroxyl groups is 1. The van der Waals surface area contributed by atoms with E-state index in [0.717, 1.165) is 44.9 Å². The van der Waals surface area contributed by atoms with Crippen LogP contribution in [0.4, 0.5) is 0 Å². The molecule has 2 aliphatic heterocycles. The Labute approximate surface area is 157 Å². The summed E-state index contributed by atoms with van der Waals surface area (Å²) in [7, 11) is 0. The molecule has 0 radical (unpaired) electrons. The largest absolute Gasteiger partial charge is 0.379 e. The van der Waals surface area contributed by atoms with Gasteiger partial charge in [-0.1, -0.05) is 32.1 Å². The number of hydrogen-bond donors (Lipinski definition) is 1. The Morgan fingerprint density at radius 3 is 2.50 bits per heavy atom. The molecule has 6 nitrogen and oxygen atoms in total. The Bertz CT molecular complexity index is 507. The summed E-state index contributed by atoms with van der Waals surface area (Å²) in [5, 5.41) is 11.1. The molecule has 3 aliphatic rings. The number of β-amino-alcohol motifs (C(OH)–C–C–N with tert-alkyl or cyclic N) is 1. The van der Waals surface area contributed by atoms with Gasteiger partial charge in [0.25, 0.3) is 5.91 Å². The molecule has 3 fully saturated rings. The second-order valence-corrected chi connectivity index (χ2v) is 8.40. The number of rotatable bonds is 6. The highest BCUT2D eigenvalue weighted by Crippen LogP contribution is 2.29. The molecule has 1 saturated carbocycles. The highest BCUT2D eigenvalue weighted by atomic mass is 16.3. The van der Waals surface area contributed by atoms with E-state index in [1.807, 2.05) is 21.6 Å². The Balaban J connectivity index is 1.53. The molecule has 148 valence electrons. The van der Waals surface area contributed by atoms with Gasteiger partial charge in [0.1, 0.15) is 0 Å². The molecule has 0 bridgehead atoms. The minimum atomic E-state index is -1.32. The Kier molecular flexibility index (Phi) is 6.56. The van der Waals surface area contributed by atoms with Crippen molar-refractivity contribution in [3.63, 3.8) is 0 Å². The SMILES string of the molecule is CCN1CCN(CC2(O)CCCN(CCC3CCCCC3)C2=O)CC1=O. The number of carbonyl (C=O) groups excluding carboxylic acids is 2. The van der Waals surface area contributed by atoms with Crippen LogP contribution in [0.15, 0.2) is 0 Å². The monoisotopic (exact) mass is 365 g/mol. The van der Waals surface area contributed by atoms with Crippen LogP contribution in [0, 0.1) is 5.92 Å². The molecule has 0 aromatic heterocycles. The molecule has 0 aromatic rings. The van der Waals surface area contributed by atoms with E-state index in [-0.39, 0.29) is 18.4 Å². The lowest BCUT2D eigenvalue weighted by molar-refractivity contribution is -0.161. The van der Waals surface area contributed by atoms with E-state index in [9.17, 15) is 14.7 Å². The van der Waals surface area contributed by atoms with E-state index in [0.29, 0.717) is 19.5 Å². The number of likely N-dealkylation sites (N-methyl/N-ethyl adjacent to an activating group) is 1. The van der Waals surface area contributed by atoms with Crippen LogP contribution in [-0.4, -0.2) is 83.0 Å². The average Bonchev–Trinajstić information content (AvgIpc) is 2.64.